The number of benzene rings is 3. The zero-order chi connectivity index (χ0) is 26.2. The standard InChI is InChI=1S/C34H36ClN2.ClH/c1-33(2)27-17-11-13-19-29(27)36(5)31(33)21-7-6-8-22-32-34(3,4)28-18-12-14-20-30(28)37(32)24-26-16-10-9-15-25(26)23-35;/h6-22H,23-24H2,1-5H3;1H/q+1;/p-1. The van der Waals surface area contributed by atoms with Crippen LogP contribution in [0.15, 0.2) is 109 Å². The van der Waals surface area contributed by atoms with E-state index in [1.165, 1.54) is 45.0 Å². The van der Waals surface area contributed by atoms with Crippen molar-refractivity contribution >= 4 is 28.7 Å². The molecule has 5 rings (SSSR count). The first-order valence-corrected chi connectivity index (χ1v) is 13.6. The highest BCUT2D eigenvalue weighted by Gasteiger charge is 2.42. The Hall–Kier alpha value is -3.07. The van der Waals surface area contributed by atoms with Gasteiger partial charge in [-0.25, -0.2) is 0 Å². The molecular formula is C34H36Cl2N2. The number of para-hydroxylation sites is 2. The molecule has 0 unspecified atom stereocenters. The Morgan fingerprint density at radius 2 is 1.39 bits per heavy atom. The van der Waals surface area contributed by atoms with Crippen molar-refractivity contribution < 1.29 is 17.0 Å². The van der Waals surface area contributed by atoms with Crippen LogP contribution in [0.2, 0.25) is 0 Å². The molecule has 0 radical (unpaired) electrons. The number of rotatable bonds is 6. The van der Waals surface area contributed by atoms with Crippen molar-refractivity contribution in [3.8, 4) is 0 Å². The molecule has 38 heavy (non-hydrogen) atoms. The summed E-state index contributed by atoms with van der Waals surface area (Å²) in [5.41, 5.74) is 10.2. The van der Waals surface area contributed by atoms with Crippen LogP contribution < -0.4 is 17.3 Å². The van der Waals surface area contributed by atoms with E-state index in [0.717, 1.165) is 6.54 Å². The molecular weight excluding hydrogens is 507 g/mol. The zero-order valence-electron chi connectivity index (χ0n) is 22.9. The largest absolute Gasteiger partial charge is 1.00 e. The minimum Gasteiger partial charge on any atom is -1.00 e. The minimum atomic E-state index is -0.0926. The van der Waals surface area contributed by atoms with Crippen LogP contribution in [0.3, 0.4) is 0 Å². The summed E-state index contributed by atoms with van der Waals surface area (Å²) >= 11 is 6.28. The van der Waals surface area contributed by atoms with Crippen molar-refractivity contribution in [2.75, 3.05) is 11.9 Å². The van der Waals surface area contributed by atoms with Gasteiger partial charge in [-0.05, 0) is 42.7 Å². The Morgan fingerprint density at radius 1 is 0.763 bits per heavy atom. The van der Waals surface area contributed by atoms with E-state index in [2.05, 4.69) is 147 Å². The van der Waals surface area contributed by atoms with E-state index < -0.39 is 0 Å². The van der Waals surface area contributed by atoms with Gasteiger partial charge < -0.3 is 17.3 Å². The highest BCUT2D eigenvalue weighted by Crippen LogP contribution is 2.48. The maximum atomic E-state index is 6.28. The summed E-state index contributed by atoms with van der Waals surface area (Å²) in [4.78, 5) is 2.45. The van der Waals surface area contributed by atoms with E-state index in [1.54, 1.807) is 0 Å². The van der Waals surface area contributed by atoms with Gasteiger partial charge in [0, 0.05) is 46.9 Å². The summed E-state index contributed by atoms with van der Waals surface area (Å²) in [5.74, 6) is 0.520. The fourth-order valence-electron chi connectivity index (χ4n) is 5.98. The monoisotopic (exact) mass is 542 g/mol. The van der Waals surface area contributed by atoms with Crippen molar-refractivity contribution in [3.63, 3.8) is 0 Å². The molecule has 0 aliphatic carbocycles. The average molecular weight is 544 g/mol. The normalized spacial score (nSPS) is 18.4. The van der Waals surface area contributed by atoms with Crippen molar-refractivity contribution in [1.82, 2.24) is 0 Å². The summed E-state index contributed by atoms with van der Waals surface area (Å²) in [7, 11) is 2.16. The molecule has 3 aromatic carbocycles. The van der Waals surface area contributed by atoms with E-state index in [4.69, 9.17) is 11.6 Å². The Kier molecular flexibility index (Phi) is 8.06. The molecule has 196 valence electrons. The van der Waals surface area contributed by atoms with Crippen LogP contribution in [0.4, 0.5) is 11.4 Å². The van der Waals surface area contributed by atoms with Gasteiger partial charge in [0.1, 0.15) is 7.05 Å². The van der Waals surface area contributed by atoms with Gasteiger partial charge in [-0.3, -0.25) is 0 Å². The smallest absolute Gasteiger partial charge is 0.209 e. The summed E-state index contributed by atoms with van der Waals surface area (Å²) < 4.78 is 2.31. The molecule has 0 fully saturated rings. The number of hydrogen-bond donors (Lipinski definition) is 0. The fourth-order valence-corrected chi connectivity index (χ4v) is 6.24. The highest BCUT2D eigenvalue weighted by molar-refractivity contribution is 6.17. The molecule has 2 aliphatic heterocycles. The Morgan fingerprint density at radius 3 is 2.11 bits per heavy atom. The summed E-state index contributed by atoms with van der Waals surface area (Å²) in [6.07, 6.45) is 11.0. The van der Waals surface area contributed by atoms with E-state index >= 15 is 0 Å². The lowest BCUT2D eigenvalue weighted by molar-refractivity contribution is -0.401. The van der Waals surface area contributed by atoms with Gasteiger partial charge in [0.15, 0.2) is 5.71 Å². The van der Waals surface area contributed by atoms with Crippen LogP contribution in [0, 0.1) is 0 Å². The third kappa shape index (κ3) is 4.77. The predicted octanol–water partition coefficient (Wildman–Crippen LogP) is 5.43. The molecule has 0 aromatic heterocycles. The second kappa shape index (κ2) is 11.0. The van der Waals surface area contributed by atoms with Crippen molar-refractivity contribution in [3.05, 3.63) is 131 Å². The molecule has 2 aliphatic rings. The molecule has 0 saturated carbocycles. The average Bonchev–Trinajstić information content (AvgIpc) is 3.23. The molecule has 2 heterocycles. The van der Waals surface area contributed by atoms with E-state index in [1.807, 2.05) is 0 Å². The van der Waals surface area contributed by atoms with Gasteiger partial charge in [0.05, 0.1) is 5.41 Å². The number of halogens is 2. The van der Waals surface area contributed by atoms with E-state index in [9.17, 15) is 0 Å². The highest BCUT2D eigenvalue weighted by atomic mass is 35.5. The summed E-state index contributed by atoms with van der Waals surface area (Å²) in [6, 6.07) is 25.9. The second-order valence-electron chi connectivity index (χ2n) is 11.0. The number of alkyl halides is 1. The topological polar surface area (TPSA) is 6.25 Å². The summed E-state index contributed by atoms with van der Waals surface area (Å²) in [6.45, 7) is 10.0. The fraction of sp³-hybridized carbons (Fsp3) is 0.265. The lowest BCUT2D eigenvalue weighted by Crippen LogP contribution is -3.00. The Bertz CT molecular complexity index is 1460. The van der Waals surface area contributed by atoms with Crippen molar-refractivity contribution in [2.24, 2.45) is 0 Å². The SMILES string of the molecule is C[N+]1=C(C=CC=CC=C2N(Cc3ccccc3CCl)c3ccccc3C2(C)C)C(C)(C)c2ccccc21.[Cl-]. The first-order valence-electron chi connectivity index (χ1n) is 13.0. The third-order valence-corrected chi connectivity index (χ3v) is 8.35. The molecule has 4 heteroatoms. The lowest BCUT2D eigenvalue weighted by atomic mass is 9.81. The Balaban J connectivity index is 0.00000336. The third-order valence-electron chi connectivity index (χ3n) is 8.06. The molecule has 2 nitrogen and oxygen atoms in total. The number of allylic oxidation sites excluding steroid dienone is 6. The predicted molar refractivity (Wildman–Crippen MR) is 158 cm³/mol. The molecule has 0 amide bonds. The van der Waals surface area contributed by atoms with Crippen LogP contribution in [0.25, 0.3) is 0 Å². The van der Waals surface area contributed by atoms with Gasteiger partial charge in [0.25, 0.3) is 0 Å². The van der Waals surface area contributed by atoms with Crippen LogP contribution >= 0.6 is 11.6 Å². The quantitative estimate of drug-likeness (QED) is 0.228. The molecule has 0 atom stereocenters. The van der Waals surface area contributed by atoms with Crippen LogP contribution in [0.1, 0.15) is 49.9 Å². The zero-order valence-corrected chi connectivity index (χ0v) is 24.4. The summed E-state index contributed by atoms with van der Waals surface area (Å²) in [5, 5.41) is 0. The van der Waals surface area contributed by atoms with Crippen LogP contribution in [-0.2, 0) is 23.3 Å². The molecule has 0 spiro atoms. The molecule has 3 aromatic rings. The first-order chi connectivity index (χ1) is 17.8. The number of hydrogen-bond acceptors (Lipinski definition) is 1. The first kappa shape index (κ1) is 28.0. The second-order valence-corrected chi connectivity index (χ2v) is 11.3. The van der Waals surface area contributed by atoms with Gasteiger partial charge in [-0.2, -0.15) is 4.58 Å². The molecule has 0 N–H and O–H groups in total. The lowest BCUT2D eigenvalue weighted by Gasteiger charge is -2.27. The molecule has 0 bridgehead atoms. The number of nitrogens with zero attached hydrogens (tertiary/aromatic N) is 2. The van der Waals surface area contributed by atoms with Crippen LogP contribution in [0.5, 0.6) is 0 Å². The van der Waals surface area contributed by atoms with Crippen molar-refractivity contribution in [1.29, 1.82) is 0 Å². The van der Waals surface area contributed by atoms with Gasteiger partial charge >= 0.3 is 0 Å². The van der Waals surface area contributed by atoms with Crippen molar-refractivity contribution in [2.45, 2.75) is 50.9 Å². The minimum absolute atomic E-state index is 0. The molecule has 0 saturated heterocycles. The number of fused-ring (bicyclic) bond motifs is 2. The maximum absolute atomic E-state index is 6.28. The van der Waals surface area contributed by atoms with Gasteiger partial charge in [-0.15, -0.1) is 11.6 Å². The Labute approximate surface area is 239 Å². The van der Waals surface area contributed by atoms with Crippen LogP contribution in [-0.4, -0.2) is 17.3 Å². The van der Waals surface area contributed by atoms with E-state index in [-0.39, 0.29) is 23.2 Å². The number of anilines is 1. The van der Waals surface area contributed by atoms with E-state index in [0.29, 0.717) is 5.88 Å². The van der Waals surface area contributed by atoms with Gasteiger partial charge in [-0.1, -0.05) is 92.7 Å². The van der Waals surface area contributed by atoms with Gasteiger partial charge in [0.2, 0.25) is 5.69 Å². The maximum Gasteiger partial charge on any atom is 0.209 e.